The second-order valence-corrected chi connectivity index (χ2v) is 2.71. The number of oxime groups is 1. The molecule has 0 fully saturated rings. The number of hydrogen-bond acceptors (Lipinski definition) is 3. The fourth-order valence-corrected chi connectivity index (χ4v) is 1.35. The van der Waals surface area contributed by atoms with Gasteiger partial charge in [0.2, 0.25) is 0 Å². The third-order valence-electron chi connectivity index (χ3n) is 1.92. The molecule has 0 aromatic heterocycles. The Hall–Kier alpha value is -1.51. The number of hydrogen-bond donors (Lipinski definition) is 1. The van der Waals surface area contributed by atoms with Gasteiger partial charge in [-0.15, -0.1) is 0 Å². The summed E-state index contributed by atoms with van der Waals surface area (Å²) in [6, 6.07) is 5.74. The lowest BCUT2D eigenvalue weighted by Gasteiger charge is -1.97. The molecule has 0 bridgehead atoms. The van der Waals surface area contributed by atoms with Crippen LogP contribution in [0, 0.1) is 0 Å². The SMILES string of the molecule is O/N=C\c1ccc2c(c1)CCO2. The Morgan fingerprint density at radius 3 is 3.25 bits per heavy atom. The molecule has 0 aliphatic carbocycles. The zero-order valence-electron chi connectivity index (χ0n) is 6.53. The fourth-order valence-electron chi connectivity index (χ4n) is 1.35. The van der Waals surface area contributed by atoms with Crippen LogP contribution in [0.4, 0.5) is 0 Å². The summed E-state index contributed by atoms with van der Waals surface area (Å²) in [5, 5.41) is 11.3. The van der Waals surface area contributed by atoms with Crippen molar-refractivity contribution in [3.63, 3.8) is 0 Å². The van der Waals surface area contributed by atoms with E-state index in [4.69, 9.17) is 9.94 Å². The lowest BCUT2D eigenvalue weighted by atomic mass is 10.1. The number of ether oxygens (including phenoxy) is 1. The van der Waals surface area contributed by atoms with Crippen LogP contribution in [-0.2, 0) is 6.42 Å². The van der Waals surface area contributed by atoms with Gasteiger partial charge in [0.05, 0.1) is 12.8 Å². The maximum atomic E-state index is 8.31. The lowest BCUT2D eigenvalue weighted by Crippen LogP contribution is -1.85. The predicted molar refractivity (Wildman–Crippen MR) is 45.0 cm³/mol. The molecular formula is C9H9NO2. The third kappa shape index (κ3) is 1.13. The molecule has 0 radical (unpaired) electrons. The summed E-state index contributed by atoms with van der Waals surface area (Å²) in [5.74, 6) is 0.949. The van der Waals surface area contributed by atoms with Crippen LogP contribution in [0.3, 0.4) is 0 Å². The maximum Gasteiger partial charge on any atom is 0.122 e. The maximum absolute atomic E-state index is 8.31. The lowest BCUT2D eigenvalue weighted by molar-refractivity contribution is 0.322. The van der Waals surface area contributed by atoms with Crippen LogP contribution in [0.1, 0.15) is 11.1 Å². The summed E-state index contributed by atoms with van der Waals surface area (Å²) < 4.78 is 5.32. The van der Waals surface area contributed by atoms with E-state index in [2.05, 4.69) is 5.16 Å². The summed E-state index contributed by atoms with van der Waals surface area (Å²) in [5.41, 5.74) is 2.09. The van der Waals surface area contributed by atoms with Crippen LogP contribution in [0.25, 0.3) is 0 Å². The minimum atomic E-state index is 0.759. The molecule has 3 heteroatoms. The average Bonchev–Trinajstić information content (AvgIpc) is 2.51. The Labute approximate surface area is 70.3 Å². The molecule has 0 amide bonds. The van der Waals surface area contributed by atoms with Crippen molar-refractivity contribution in [1.82, 2.24) is 0 Å². The highest BCUT2D eigenvalue weighted by Crippen LogP contribution is 2.25. The number of nitrogens with zero attached hydrogens (tertiary/aromatic N) is 1. The number of benzene rings is 1. The fraction of sp³-hybridized carbons (Fsp3) is 0.222. The molecule has 2 rings (SSSR count). The molecule has 1 aliphatic heterocycles. The van der Waals surface area contributed by atoms with Crippen molar-refractivity contribution in [2.75, 3.05) is 6.61 Å². The van der Waals surface area contributed by atoms with Crippen molar-refractivity contribution in [3.05, 3.63) is 29.3 Å². The van der Waals surface area contributed by atoms with Crippen LogP contribution in [0.2, 0.25) is 0 Å². The van der Waals surface area contributed by atoms with Crippen LogP contribution < -0.4 is 4.74 Å². The predicted octanol–water partition coefficient (Wildman–Crippen LogP) is 1.43. The molecule has 0 saturated carbocycles. The first-order chi connectivity index (χ1) is 5.90. The Morgan fingerprint density at radius 1 is 1.50 bits per heavy atom. The smallest absolute Gasteiger partial charge is 0.122 e. The van der Waals surface area contributed by atoms with E-state index in [1.54, 1.807) is 0 Å². The van der Waals surface area contributed by atoms with Gasteiger partial charge < -0.3 is 9.94 Å². The van der Waals surface area contributed by atoms with Gasteiger partial charge in [-0.2, -0.15) is 0 Å². The monoisotopic (exact) mass is 163 g/mol. The highest BCUT2D eigenvalue weighted by atomic mass is 16.5. The highest BCUT2D eigenvalue weighted by Gasteiger charge is 2.10. The van der Waals surface area contributed by atoms with Crippen molar-refractivity contribution in [3.8, 4) is 5.75 Å². The summed E-state index contributed by atoms with van der Waals surface area (Å²) in [4.78, 5) is 0. The van der Waals surface area contributed by atoms with E-state index in [1.165, 1.54) is 11.8 Å². The Morgan fingerprint density at radius 2 is 2.42 bits per heavy atom. The first-order valence-corrected chi connectivity index (χ1v) is 3.83. The van der Waals surface area contributed by atoms with E-state index < -0.39 is 0 Å². The molecule has 1 aliphatic rings. The van der Waals surface area contributed by atoms with Gasteiger partial charge in [0, 0.05) is 6.42 Å². The van der Waals surface area contributed by atoms with Gasteiger partial charge in [-0.1, -0.05) is 5.16 Å². The van der Waals surface area contributed by atoms with Crippen LogP contribution in [0.15, 0.2) is 23.4 Å². The minimum absolute atomic E-state index is 0.759. The van der Waals surface area contributed by atoms with Gasteiger partial charge in [0.1, 0.15) is 5.75 Å². The van der Waals surface area contributed by atoms with Crippen LogP contribution in [-0.4, -0.2) is 18.0 Å². The van der Waals surface area contributed by atoms with Gasteiger partial charge in [-0.25, -0.2) is 0 Å². The molecule has 1 N–H and O–H groups in total. The molecule has 12 heavy (non-hydrogen) atoms. The van der Waals surface area contributed by atoms with E-state index in [9.17, 15) is 0 Å². The number of fused-ring (bicyclic) bond motifs is 1. The van der Waals surface area contributed by atoms with Crippen LogP contribution >= 0.6 is 0 Å². The van der Waals surface area contributed by atoms with Crippen molar-refractivity contribution < 1.29 is 9.94 Å². The van der Waals surface area contributed by atoms with Crippen molar-refractivity contribution >= 4 is 6.21 Å². The molecule has 3 nitrogen and oxygen atoms in total. The highest BCUT2D eigenvalue weighted by molar-refractivity contribution is 5.79. The molecule has 1 aromatic carbocycles. The standard InChI is InChI=1S/C9H9NO2/c11-10-6-7-1-2-9-8(5-7)3-4-12-9/h1-2,5-6,11H,3-4H2/b10-6-. The molecule has 0 spiro atoms. The molecule has 1 aromatic rings. The summed E-state index contributed by atoms with van der Waals surface area (Å²) in [7, 11) is 0. The average molecular weight is 163 g/mol. The zero-order valence-corrected chi connectivity index (χ0v) is 6.53. The first-order valence-electron chi connectivity index (χ1n) is 3.83. The van der Waals surface area contributed by atoms with E-state index >= 15 is 0 Å². The van der Waals surface area contributed by atoms with Crippen molar-refractivity contribution in [2.45, 2.75) is 6.42 Å². The molecule has 0 unspecified atom stereocenters. The van der Waals surface area contributed by atoms with E-state index in [0.29, 0.717) is 0 Å². The first kappa shape index (κ1) is 7.16. The van der Waals surface area contributed by atoms with Gasteiger partial charge in [0.15, 0.2) is 0 Å². The van der Waals surface area contributed by atoms with Gasteiger partial charge in [-0.3, -0.25) is 0 Å². The summed E-state index contributed by atoms with van der Waals surface area (Å²) >= 11 is 0. The Balaban J connectivity index is 2.38. The molecular weight excluding hydrogens is 154 g/mol. The Bertz CT molecular complexity index is 320. The molecule has 0 saturated heterocycles. The minimum Gasteiger partial charge on any atom is -0.493 e. The summed E-state index contributed by atoms with van der Waals surface area (Å²) in [6.07, 6.45) is 2.36. The van der Waals surface area contributed by atoms with Crippen molar-refractivity contribution in [1.29, 1.82) is 0 Å². The molecule has 1 heterocycles. The van der Waals surface area contributed by atoms with E-state index in [1.807, 2.05) is 18.2 Å². The molecule has 62 valence electrons. The van der Waals surface area contributed by atoms with E-state index in [-0.39, 0.29) is 0 Å². The second-order valence-electron chi connectivity index (χ2n) is 2.71. The largest absolute Gasteiger partial charge is 0.493 e. The van der Waals surface area contributed by atoms with Gasteiger partial charge in [-0.05, 0) is 29.3 Å². The quantitative estimate of drug-likeness (QED) is 0.386. The van der Waals surface area contributed by atoms with Gasteiger partial charge >= 0.3 is 0 Å². The van der Waals surface area contributed by atoms with Crippen LogP contribution in [0.5, 0.6) is 5.75 Å². The van der Waals surface area contributed by atoms with Gasteiger partial charge in [0.25, 0.3) is 0 Å². The summed E-state index contributed by atoms with van der Waals surface area (Å²) in [6.45, 7) is 0.759. The van der Waals surface area contributed by atoms with Crippen molar-refractivity contribution in [2.24, 2.45) is 5.16 Å². The van der Waals surface area contributed by atoms with E-state index in [0.717, 1.165) is 24.3 Å². The topological polar surface area (TPSA) is 41.8 Å². The second kappa shape index (κ2) is 2.85. The normalized spacial score (nSPS) is 14.7. The Kier molecular flexibility index (Phi) is 1.70. The number of rotatable bonds is 1. The molecule has 0 atom stereocenters. The zero-order chi connectivity index (χ0) is 8.39. The third-order valence-corrected chi connectivity index (χ3v) is 1.92.